The molecule has 0 aliphatic carbocycles. The van der Waals surface area contributed by atoms with E-state index in [1.807, 2.05) is 0 Å². The van der Waals surface area contributed by atoms with Gasteiger partial charge in [0.05, 0.1) is 0 Å². The van der Waals surface area contributed by atoms with Crippen molar-refractivity contribution < 1.29 is 9.13 Å². The summed E-state index contributed by atoms with van der Waals surface area (Å²) in [6, 6.07) is 5.09. The molecule has 1 aromatic carbocycles. The largest absolute Gasteiger partial charge is 0.385 e. The summed E-state index contributed by atoms with van der Waals surface area (Å²) in [5.41, 5.74) is 0.607. The SMILES string of the molecule is CCCNC(CCCOC)Cc1c(F)cccc1Cl. The highest BCUT2D eigenvalue weighted by Crippen LogP contribution is 2.21. The van der Waals surface area contributed by atoms with Crippen LogP contribution in [-0.2, 0) is 11.2 Å². The summed E-state index contributed by atoms with van der Waals surface area (Å²) >= 11 is 6.08. The third-order valence-electron chi connectivity index (χ3n) is 3.10. The van der Waals surface area contributed by atoms with Crippen LogP contribution in [-0.4, -0.2) is 26.3 Å². The molecule has 0 spiro atoms. The standard InChI is InChI=1S/C15H23ClFNO/c1-3-9-18-12(6-5-10-19-2)11-13-14(16)7-4-8-15(13)17/h4,7-8,12,18H,3,5-6,9-11H2,1-2H3. The minimum atomic E-state index is -0.220. The van der Waals surface area contributed by atoms with Gasteiger partial charge in [-0.2, -0.15) is 0 Å². The van der Waals surface area contributed by atoms with Gasteiger partial charge < -0.3 is 10.1 Å². The Balaban J connectivity index is 2.64. The lowest BCUT2D eigenvalue weighted by Crippen LogP contribution is -2.32. The minimum Gasteiger partial charge on any atom is -0.385 e. The third kappa shape index (κ3) is 5.89. The van der Waals surface area contributed by atoms with Crippen molar-refractivity contribution in [1.82, 2.24) is 5.32 Å². The first-order valence-corrected chi connectivity index (χ1v) is 7.22. The molecule has 0 radical (unpaired) electrons. The number of benzene rings is 1. The molecule has 0 aromatic heterocycles. The van der Waals surface area contributed by atoms with Gasteiger partial charge in [0.2, 0.25) is 0 Å². The predicted octanol–water partition coefficient (Wildman–Crippen LogP) is 3.82. The van der Waals surface area contributed by atoms with Crippen molar-refractivity contribution in [3.05, 3.63) is 34.6 Å². The molecular formula is C15H23ClFNO. The number of methoxy groups -OCH3 is 1. The van der Waals surface area contributed by atoms with E-state index in [9.17, 15) is 4.39 Å². The smallest absolute Gasteiger partial charge is 0.127 e. The minimum absolute atomic E-state index is 0.220. The highest BCUT2D eigenvalue weighted by molar-refractivity contribution is 6.31. The summed E-state index contributed by atoms with van der Waals surface area (Å²) in [5.74, 6) is -0.220. The van der Waals surface area contributed by atoms with Gasteiger partial charge in [-0.3, -0.25) is 0 Å². The zero-order valence-corrected chi connectivity index (χ0v) is 12.5. The van der Waals surface area contributed by atoms with E-state index in [4.69, 9.17) is 16.3 Å². The van der Waals surface area contributed by atoms with E-state index in [0.29, 0.717) is 17.0 Å². The first-order valence-electron chi connectivity index (χ1n) is 6.84. The Morgan fingerprint density at radius 2 is 2.21 bits per heavy atom. The molecule has 1 rings (SSSR count). The highest BCUT2D eigenvalue weighted by Gasteiger charge is 2.14. The molecular weight excluding hydrogens is 265 g/mol. The Kier molecular flexibility index (Phi) is 8.03. The highest BCUT2D eigenvalue weighted by atomic mass is 35.5. The van der Waals surface area contributed by atoms with Crippen LogP contribution in [0.4, 0.5) is 4.39 Å². The van der Waals surface area contributed by atoms with Crippen LogP contribution >= 0.6 is 11.6 Å². The number of hydrogen-bond donors (Lipinski definition) is 1. The van der Waals surface area contributed by atoms with E-state index in [0.717, 1.165) is 32.4 Å². The molecule has 0 heterocycles. The maximum Gasteiger partial charge on any atom is 0.127 e. The fraction of sp³-hybridized carbons (Fsp3) is 0.600. The average Bonchev–Trinajstić information content (AvgIpc) is 2.39. The van der Waals surface area contributed by atoms with Crippen LogP contribution in [0.2, 0.25) is 5.02 Å². The summed E-state index contributed by atoms with van der Waals surface area (Å²) in [4.78, 5) is 0. The summed E-state index contributed by atoms with van der Waals surface area (Å²) in [5, 5.41) is 3.96. The topological polar surface area (TPSA) is 21.3 Å². The van der Waals surface area contributed by atoms with Gasteiger partial charge in [-0.1, -0.05) is 24.6 Å². The monoisotopic (exact) mass is 287 g/mol. The van der Waals surface area contributed by atoms with Crippen LogP contribution < -0.4 is 5.32 Å². The van der Waals surface area contributed by atoms with E-state index in [1.54, 1.807) is 19.2 Å². The van der Waals surface area contributed by atoms with Crippen LogP contribution in [0.1, 0.15) is 31.7 Å². The quantitative estimate of drug-likeness (QED) is 0.697. The normalized spacial score (nSPS) is 12.6. The van der Waals surface area contributed by atoms with Crippen LogP contribution in [0.25, 0.3) is 0 Å². The molecule has 1 unspecified atom stereocenters. The molecule has 0 aliphatic rings. The van der Waals surface area contributed by atoms with Crippen LogP contribution in [0.5, 0.6) is 0 Å². The van der Waals surface area contributed by atoms with Gasteiger partial charge in [0, 0.05) is 30.3 Å². The first-order chi connectivity index (χ1) is 9.19. The number of nitrogens with one attached hydrogen (secondary N) is 1. The average molecular weight is 288 g/mol. The summed E-state index contributed by atoms with van der Waals surface area (Å²) in [6.45, 7) is 3.79. The van der Waals surface area contributed by atoms with Crippen LogP contribution in [0.15, 0.2) is 18.2 Å². The van der Waals surface area contributed by atoms with E-state index in [1.165, 1.54) is 6.07 Å². The second-order valence-electron chi connectivity index (χ2n) is 4.69. The van der Waals surface area contributed by atoms with Gasteiger partial charge in [-0.25, -0.2) is 4.39 Å². The first kappa shape index (κ1) is 16.4. The predicted molar refractivity (Wildman–Crippen MR) is 78.3 cm³/mol. The molecule has 108 valence electrons. The van der Waals surface area contributed by atoms with E-state index >= 15 is 0 Å². The van der Waals surface area contributed by atoms with E-state index < -0.39 is 0 Å². The molecule has 1 atom stereocenters. The van der Waals surface area contributed by atoms with E-state index in [-0.39, 0.29) is 11.9 Å². The number of ether oxygens (including phenoxy) is 1. The lowest BCUT2D eigenvalue weighted by molar-refractivity contribution is 0.188. The molecule has 0 bridgehead atoms. The summed E-state index contributed by atoms with van der Waals surface area (Å²) in [6.07, 6.45) is 3.60. The van der Waals surface area contributed by atoms with Gasteiger partial charge in [-0.15, -0.1) is 0 Å². The molecule has 0 fully saturated rings. The number of hydrogen-bond acceptors (Lipinski definition) is 2. The lowest BCUT2D eigenvalue weighted by Gasteiger charge is -2.19. The molecule has 0 amide bonds. The summed E-state index contributed by atoms with van der Waals surface area (Å²) in [7, 11) is 1.70. The van der Waals surface area contributed by atoms with E-state index in [2.05, 4.69) is 12.2 Å². The Hall–Kier alpha value is -0.640. The van der Waals surface area contributed by atoms with Crippen molar-refractivity contribution in [3.8, 4) is 0 Å². The Labute approximate surface area is 120 Å². The molecule has 0 saturated heterocycles. The van der Waals surface area contributed by atoms with Gasteiger partial charge in [0.15, 0.2) is 0 Å². The fourth-order valence-corrected chi connectivity index (χ4v) is 2.31. The zero-order chi connectivity index (χ0) is 14.1. The zero-order valence-electron chi connectivity index (χ0n) is 11.7. The molecule has 2 nitrogen and oxygen atoms in total. The fourth-order valence-electron chi connectivity index (χ4n) is 2.07. The summed E-state index contributed by atoms with van der Waals surface area (Å²) < 4.78 is 18.9. The second kappa shape index (κ2) is 9.29. The van der Waals surface area contributed by atoms with Crippen LogP contribution in [0.3, 0.4) is 0 Å². The Morgan fingerprint density at radius 1 is 1.42 bits per heavy atom. The van der Waals surface area contributed by atoms with Gasteiger partial charge in [0.1, 0.15) is 5.82 Å². The Morgan fingerprint density at radius 3 is 2.84 bits per heavy atom. The lowest BCUT2D eigenvalue weighted by atomic mass is 10.0. The second-order valence-corrected chi connectivity index (χ2v) is 5.10. The Bertz CT molecular complexity index is 353. The van der Waals surface area contributed by atoms with Crippen molar-refractivity contribution in [1.29, 1.82) is 0 Å². The number of halogens is 2. The number of rotatable bonds is 9. The van der Waals surface area contributed by atoms with Crippen molar-refractivity contribution in [3.63, 3.8) is 0 Å². The van der Waals surface area contributed by atoms with Gasteiger partial charge in [-0.05, 0) is 44.4 Å². The molecule has 1 aromatic rings. The molecule has 1 N–H and O–H groups in total. The van der Waals surface area contributed by atoms with Gasteiger partial charge >= 0.3 is 0 Å². The van der Waals surface area contributed by atoms with Crippen LogP contribution in [0, 0.1) is 5.82 Å². The third-order valence-corrected chi connectivity index (χ3v) is 3.45. The van der Waals surface area contributed by atoms with Gasteiger partial charge in [0.25, 0.3) is 0 Å². The molecule has 0 aliphatic heterocycles. The van der Waals surface area contributed by atoms with Crippen molar-refractivity contribution in [2.75, 3.05) is 20.3 Å². The molecule has 19 heavy (non-hydrogen) atoms. The molecule has 4 heteroatoms. The van der Waals surface area contributed by atoms with Crippen molar-refractivity contribution in [2.24, 2.45) is 0 Å². The molecule has 0 saturated carbocycles. The van der Waals surface area contributed by atoms with Crippen molar-refractivity contribution in [2.45, 2.75) is 38.6 Å². The maximum atomic E-state index is 13.8. The maximum absolute atomic E-state index is 13.8. The van der Waals surface area contributed by atoms with Crippen molar-refractivity contribution >= 4 is 11.6 Å².